The second-order valence-corrected chi connectivity index (χ2v) is 9.78. The summed E-state index contributed by atoms with van der Waals surface area (Å²) in [5, 5.41) is 12.0. The summed E-state index contributed by atoms with van der Waals surface area (Å²) in [6.07, 6.45) is 2.44. The van der Waals surface area contributed by atoms with Crippen molar-refractivity contribution in [2.45, 2.75) is 62.4 Å². The quantitative estimate of drug-likeness (QED) is 0.640. The van der Waals surface area contributed by atoms with Crippen LogP contribution in [0.15, 0.2) is 24.3 Å². The number of carbonyl (C=O) groups excluding carboxylic acids is 3. The van der Waals surface area contributed by atoms with E-state index in [-0.39, 0.29) is 47.9 Å². The molecular weight excluding hydrogens is 420 g/mol. The number of nitrogens with two attached hydrogens (primary N) is 1. The molecule has 9 nitrogen and oxygen atoms in total. The van der Waals surface area contributed by atoms with Gasteiger partial charge in [-0.15, -0.1) is 0 Å². The summed E-state index contributed by atoms with van der Waals surface area (Å²) in [6.45, 7) is 2.99. The molecule has 0 radical (unpaired) electrons. The summed E-state index contributed by atoms with van der Waals surface area (Å²) in [5.41, 5.74) is 7.78. The van der Waals surface area contributed by atoms with Crippen LogP contribution in [0.1, 0.15) is 48.1 Å². The highest BCUT2D eigenvalue weighted by molar-refractivity contribution is 5.94. The van der Waals surface area contributed by atoms with Crippen LogP contribution < -0.4 is 11.1 Å². The van der Waals surface area contributed by atoms with Gasteiger partial charge < -0.3 is 20.9 Å². The average Bonchev–Trinajstić information content (AvgIpc) is 3.15. The third-order valence-corrected chi connectivity index (χ3v) is 7.85. The van der Waals surface area contributed by atoms with E-state index in [1.807, 2.05) is 34.9 Å². The highest BCUT2D eigenvalue weighted by Gasteiger charge is 2.56. The Hall–Kier alpha value is -2.96. The lowest BCUT2D eigenvalue weighted by molar-refractivity contribution is -0.141. The van der Waals surface area contributed by atoms with E-state index in [9.17, 15) is 19.6 Å². The standard InChI is InChI=1S/C24H30N6O3/c1-13(14-4-3-5-15(6-14)22(31)27-2)29-18-9-21(24(29)33)28(11-18)12-19(26)23(32)30-17(10-25)7-16-8-20(16)30/h3-6,13,16-21H,7-9,11-12,26H2,1-2H3,(H,27,31)/t13?,16-,17?,18?,19?,20+,21+/m1/s1. The molecule has 0 aromatic heterocycles. The number of nitrogens with one attached hydrogen (secondary N) is 1. The average molecular weight is 451 g/mol. The fraction of sp³-hybridized carbons (Fsp3) is 0.583. The number of nitriles is 1. The Labute approximate surface area is 193 Å². The van der Waals surface area contributed by atoms with Gasteiger partial charge in [-0.3, -0.25) is 19.3 Å². The first-order valence-electron chi connectivity index (χ1n) is 11.7. The van der Waals surface area contributed by atoms with Crippen LogP contribution in [0, 0.1) is 17.2 Å². The molecule has 3 aliphatic heterocycles. The molecule has 7 atom stereocenters. The van der Waals surface area contributed by atoms with E-state index < -0.39 is 6.04 Å². The summed E-state index contributed by atoms with van der Waals surface area (Å²) in [6, 6.07) is 8.30. The van der Waals surface area contributed by atoms with Gasteiger partial charge in [0, 0.05) is 37.8 Å². The maximum Gasteiger partial charge on any atom is 0.251 e. The maximum atomic E-state index is 13.3. The number of piperazine rings is 1. The van der Waals surface area contributed by atoms with Gasteiger partial charge in [-0.05, 0) is 49.8 Å². The number of hydrogen-bond donors (Lipinski definition) is 2. The highest BCUT2D eigenvalue weighted by atomic mass is 16.2. The lowest BCUT2D eigenvalue weighted by Crippen LogP contribution is -2.57. The minimum atomic E-state index is -0.734. The Morgan fingerprint density at radius 2 is 2.09 bits per heavy atom. The van der Waals surface area contributed by atoms with Crippen LogP contribution in [0.25, 0.3) is 0 Å². The van der Waals surface area contributed by atoms with Crippen LogP contribution in [-0.2, 0) is 9.59 Å². The number of hydrogen-bond acceptors (Lipinski definition) is 6. The molecular formula is C24H30N6O3. The van der Waals surface area contributed by atoms with Crippen molar-refractivity contribution in [3.05, 3.63) is 35.4 Å². The predicted octanol–water partition coefficient (Wildman–Crippen LogP) is 0.233. The topological polar surface area (TPSA) is 123 Å². The first-order valence-corrected chi connectivity index (χ1v) is 11.7. The van der Waals surface area contributed by atoms with E-state index in [1.165, 1.54) is 0 Å². The Kier molecular flexibility index (Phi) is 5.38. The van der Waals surface area contributed by atoms with E-state index >= 15 is 0 Å². The molecule has 1 saturated carbocycles. The molecule has 1 aromatic rings. The fourth-order valence-electron chi connectivity index (χ4n) is 6.05. The van der Waals surface area contributed by atoms with Crippen molar-refractivity contribution < 1.29 is 14.4 Å². The minimum absolute atomic E-state index is 0.0436. The minimum Gasteiger partial charge on any atom is -0.355 e. The van der Waals surface area contributed by atoms with Gasteiger partial charge in [0.15, 0.2) is 0 Å². The van der Waals surface area contributed by atoms with Gasteiger partial charge in [0.05, 0.1) is 24.2 Å². The molecule has 4 fully saturated rings. The van der Waals surface area contributed by atoms with Crippen LogP contribution in [0.2, 0.25) is 0 Å². The molecule has 9 heteroatoms. The number of benzene rings is 1. The summed E-state index contributed by atoms with van der Waals surface area (Å²) in [4.78, 5) is 43.9. The zero-order valence-electron chi connectivity index (χ0n) is 19.0. The molecule has 4 aliphatic rings. The molecule has 33 heavy (non-hydrogen) atoms. The number of likely N-dealkylation sites (tertiary alicyclic amines) is 3. The van der Waals surface area contributed by atoms with Crippen molar-refractivity contribution in [2.75, 3.05) is 20.1 Å². The summed E-state index contributed by atoms with van der Waals surface area (Å²) < 4.78 is 0. The van der Waals surface area contributed by atoms with Gasteiger partial charge in [-0.2, -0.15) is 5.26 Å². The van der Waals surface area contributed by atoms with Crippen molar-refractivity contribution in [1.82, 2.24) is 20.0 Å². The molecule has 4 unspecified atom stereocenters. The largest absolute Gasteiger partial charge is 0.355 e. The SMILES string of the molecule is CNC(=O)c1cccc(C(C)N2C(=O)[C@@H]3CC2CN3CC(N)C(=O)N2C(C#N)C[C@@H]3C[C@@H]32)c1. The van der Waals surface area contributed by atoms with Crippen LogP contribution in [0.4, 0.5) is 0 Å². The second-order valence-electron chi connectivity index (χ2n) is 9.78. The van der Waals surface area contributed by atoms with E-state index in [4.69, 9.17) is 5.73 Å². The molecule has 1 aromatic carbocycles. The first-order chi connectivity index (χ1) is 15.8. The van der Waals surface area contributed by atoms with Gasteiger partial charge in [0.1, 0.15) is 6.04 Å². The second kappa shape index (κ2) is 8.12. The van der Waals surface area contributed by atoms with E-state index in [0.29, 0.717) is 31.0 Å². The summed E-state index contributed by atoms with van der Waals surface area (Å²) in [7, 11) is 1.60. The lowest BCUT2D eigenvalue weighted by atomic mass is 10.0. The molecule has 174 valence electrons. The third kappa shape index (κ3) is 3.58. The van der Waals surface area contributed by atoms with E-state index in [2.05, 4.69) is 11.4 Å². The summed E-state index contributed by atoms with van der Waals surface area (Å²) in [5.74, 6) is 0.171. The van der Waals surface area contributed by atoms with Gasteiger partial charge in [0.25, 0.3) is 5.91 Å². The van der Waals surface area contributed by atoms with E-state index in [0.717, 1.165) is 18.4 Å². The van der Waals surface area contributed by atoms with Crippen LogP contribution in [0.5, 0.6) is 0 Å². The first kappa shape index (κ1) is 21.9. The zero-order chi connectivity index (χ0) is 23.4. The molecule has 3 saturated heterocycles. The van der Waals surface area contributed by atoms with Gasteiger partial charge in [-0.1, -0.05) is 12.1 Å². The van der Waals surface area contributed by atoms with Crippen molar-refractivity contribution in [3.63, 3.8) is 0 Å². The number of piperidine rings is 1. The van der Waals surface area contributed by atoms with Gasteiger partial charge in [0.2, 0.25) is 11.8 Å². The fourth-order valence-corrected chi connectivity index (χ4v) is 6.05. The number of carbonyl (C=O) groups is 3. The third-order valence-electron chi connectivity index (χ3n) is 7.85. The lowest BCUT2D eigenvalue weighted by Gasteiger charge is -2.38. The van der Waals surface area contributed by atoms with Crippen molar-refractivity contribution in [3.8, 4) is 6.07 Å². The van der Waals surface area contributed by atoms with Gasteiger partial charge >= 0.3 is 0 Å². The molecule has 2 bridgehead atoms. The Morgan fingerprint density at radius 1 is 1.30 bits per heavy atom. The van der Waals surface area contributed by atoms with Gasteiger partial charge in [-0.25, -0.2) is 0 Å². The molecule has 3 heterocycles. The molecule has 3 N–H and O–H groups in total. The van der Waals surface area contributed by atoms with E-state index in [1.54, 1.807) is 18.0 Å². The monoisotopic (exact) mass is 450 g/mol. The van der Waals surface area contributed by atoms with Crippen molar-refractivity contribution >= 4 is 17.7 Å². The van der Waals surface area contributed by atoms with Crippen molar-refractivity contribution in [2.24, 2.45) is 11.7 Å². The van der Waals surface area contributed by atoms with Crippen LogP contribution >= 0.6 is 0 Å². The number of fused-ring (bicyclic) bond motifs is 3. The Bertz CT molecular complexity index is 1040. The Balaban J connectivity index is 1.24. The number of amides is 3. The number of nitrogens with zero attached hydrogens (tertiary/aromatic N) is 4. The molecule has 1 aliphatic carbocycles. The van der Waals surface area contributed by atoms with Crippen LogP contribution in [-0.4, -0.2) is 82.8 Å². The highest BCUT2D eigenvalue weighted by Crippen LogP contribution is 2.48. The zero-order valence-corrected chi connectivity index (χ0v) is 19.0. The molecule has 3 amide bonds. The van der Waals surface area contributed by atoms with Crippen LogP contribution in [0.3, 0.4) is 0 Å². The summed E-state index contributed by atoms with van der Waals surface area (Å²) >= 11 is 0. The normalized spacial score (nSPS) is 31.8. The molecule has 5 rings (SSSR count). The molecule has 0 spiro atoms. The maximum absolute atomic E-state index is 13.3. The number of rotatable bonds is 6. The van der Waals surface area contributed by atoms with Crippen molar-refractivity contribution in [1.29, 1.82) is 5.26 Å². The smallest absolute Gasteiger partial charge is 0.251 e. The predicted molar refractivity (Wildman–Crippen MR) is 120 cm³/mol. The Morgan fingerprint density at radius 3 is 2.79 bits per heavy atom.